The van der Waals surface area contributed by atoms with Gasteiger partial charge in [0.15, 0.2) is 0 Å². The third-order valence-corrected chi connectivity index (χ3v) is 7.02. The molecule has 3 aromatic rings. The number of hydrazone groups is 1. The largest absolute Gasteiger partial charge is 0.316 e. The predicted octanol–water partition coefficient (Wildman–Crippen LogP) is 4.88. The minimum Gasteiger partial charge on any atom is -0.316 e. The summed E-state index contributed by atoms with van der Waals surface area (Å²) in [5.74, 6) is -0.556. The molecule has 1 heterocycles. The Morgan fingerprint density at radius 2 is 1.85 bits per heavy atom. The quantitative estimate of drug-likeness (QED) is 0.339. The van der Waals surface area contributed by atoms with Crippen LogP contribution >= 0.6 is 23.2 Å². The summed E-state index contributed by atoms with van der Waals surface area (Å²) in [7, 11) is -3.68. The lowest BCUT2D eigenvalue weighted by Gasteiger charge is -2.23. The van der Waals surface area contributed by atoms with Crippen LogP contribution in [0, 0.1) is 13.8 Å². The SMILES string of the molecule is CCc1ccccc1N(CC(=O)N/N=C\c1cc(C)n(-c2cc(Cl)ccc2Cl)c1C)S(C)(=O)=O. The molecule has 0 fully saturated rings. The number of hydrogen-bond acceptors (Lipinski definition) is 4. The van der Waals surface area contributed by atoms with Crippen molar-refractivity contribution in [3.63, 3.8) is 0 Å². The maximum atomic E-state index is 12.6. The van der Waals surface area contributed by atoms with Crippen molar-refractivity contribution in [3.05, 3.63) is 81.1 Å². The van der Waals surface area contributed by atoms with Gasteiger partial charge in [0.05, 0.1) is 28.9 Å². The summed E-state index contributed by atoms with van der Waals surface area (Å²) in [5.41, 5.74) is 7.01. The van der Waals surface area contributed by atoms with Crippen LogP contribution in [0.1, 0.15) is 29.4 Å². The molecule has 1 aromatic heterocycles. The van der Waals surface area contributed by atoms with Gasteiger partial charge in [-0.2, -0.15) is 5.10 Å². The Kier molecular flexibility index (Phi) is 8.07. The topological polar surface area (TPSA) is 83.8 Å². The number of aryl methyl sites for hydroxylation is 2. The molecule has 180 valence electrons. The second-order valence-electron chi connectivity index (χ2n) is 7.80. The van der Waals surface area contributed by atoms with Gasteiger partial charge in [0.2, 0.25) is 10.0 Å². The molecule has 0 unspecified atom stereocenters. The van der Waals surface area contributed by atoms with Gasteiger partial charge < -0.3 is 4.57 Å². The first-order valence-electron chi connectivity index (χ1n) is 10.5. The minimum atomic E-state index is -3.68. The molecule has 1 amide bonds. The molecule has 34 heavy (non-hydrogen) atoms. The number of rotatable bonds is 8. The van der Waals surface area contributed by atoms with Gasteiger partial charge in [-0.25, -0.2) is 13.8 Å². The molecule has 10 heteroatoms. The molecule has 0 radical (unpaired) electrons. The Hall–Kier alpha value is -2.81. The number of sulfonamides is 1. The van der Waals surface area contributed by atoms with Gasteiger partial charge in [0, 0.05) is 22.0 Å². The van der Waals surface area contributed by atoms with Crippen LogP contribution in [0.4, 0.5) is 5.69 Å². The summed E-state index contributed by atoms with van der Waals surface area (Å²) in [6.45, 7) is 5.37. The fourth-order valence-corrected chi connectivity index (χ4v) is 4.98. The molecule has 0 saturated heterocycles. The van der Waals surface area contributed by atoms with E-state index in [9.17, 15) is 13.2 Å². The van der Waals surface area contributed by atoms with Gasteiger partial charge in [-0.05, 0) is 56.2 Å². The highest BCUT2D eigenvalue weighted by atomic mass is 35.5. The van der Waals surface area contributed by atoms with E-state index in [1.807, 2.05) is 43.5 Å². The van der Waals surface area contributed by atoms with Crippen molar-refractivity contribution < 1.29 is 13.2 Å². The van der Waals surface area contributed by atoms with Crippen molar-refractivity contribution >= 4 is 51.0 Å². The average Bonchev–Trinajstić information content (AvgIpc) is 3.06. The van der Waals surface area contributed by atoms with Crippen LogP contribution in [0.5, 0.6) is 0 Å². The van der Waals surface area contributed by atoms with Gasteiger partial charge in [0.1, 0.15) is 6.54 Å². The number of hydrogen-bond donors (Lipinski definition) is 1. The van der Waals surface area contributed by atoms with Crippen LogP contribution in [0.3, 0.4) is 0 Å². The number of nitrogens with zero attached hydrogens (tertiary/aromatic N) is 3. The molecule has 0 spiro atoms. The smallest absolute Gasteiger partial charge is 0.260 e. The molecule has 0 bridgehead atoms. The highest BCUT2D eigenvalue weighted by Gasteiger charge is 2.22. The van der Waals surface area contributed by atoms with Gasteiger partial charge >= 0.3 is 0 Å². The molecular formula is C24H26Cl2N4O3S. The average molecular weight is 521 g/mol. The van der Waals surface area contributed by atoms with E-state index in [-0.39, 0.29) is 6.54 Å². The Morgan fingerprint density at radius 3 is 2.53 bits per heavy atom. The van der Waals surface area contributed by atoms with Crippen LogP contribution in [0.2, 0.25) is 10.0 Å². The highest BCUT2D eigenvalue weighted by Crippen LogP contribution is 2.28. The van der Waals surface area contributed by atoms with Gasteiger partial charge in [-0.3, -0.25) is 9.10 Å². The normalized spacial score (nSPS) is 11.7. The first kappa shape index (κ1) is 25.8. The maximum absolute atomic E-state index is 12.6. The molecule has 0 aliphatic heterocycles. The van der Waals surface area contributed by atoms with E-state index in [4.69, 9.17) is 23.2 Å². The summed E-state index contributed by atoms with van der Waals surface area (Å²) in [4.78, 5) is 12.6. The molecule has 2 aromatic carbocycles. The highest BCUT2D eigenvalue weighted by molar-refractivity contribution is 7.92. The molecule has 0 aliphatic rings. The first-order chi connectivity index (χ1) is 16.0. The number of anilines is 1. The van der Waals surface area contributed by atoms with Crippen LogP contribution < -0.4 is 9.73 Å². The number of benzene rings is 2. The second-order valence-corrected chi connectivity index (χ2v) is 10.6. The zero-order valence-electron chi connectivity index (χ0n) is 19.3. The number of aromatic nitrogens is 1. The molecular weight excluding hydrogens is 495 g/mol. The van der Waals surface area contributed by atoms with Crippen LogP contribution in [-0.4, -0.2) is 37.9 Å². The molecule has 3 rings (SSSR count). The Bertz CT molecular complexity index is 1350. The minimum absolute atomic E-state index is 0.385. The van der Waals surface area contributed by atoms with Crippen LogP contribution in [-0.2, 0) is 21.2 Å². The van der Waals surface area contributed by atoms with Crippen LogP contribution in [0.15, 0.2) is 53.6 Å². The van der Waals surface area contributed by atoms with Crippen molar-refractivity contribution in [3.8, 4) is 5.69 Å². The zero-order valence-corrected chi connectivity index (χ0v) is 21.7. The summed E-state index contributed by atoms with van der Waals surface area (Å²) in [6, 6.07) is 14.2. The lowest BCUT2D eigenvalue weighted by molar-refractivity contribution is -0.119. The fraction of sp³-hybridized carbons (Fsp3) is 0.250. The lowest BCUT2D eigenvalue weighted by atomic mass is 10.1. The first-order valence-corrected chi connectivity index (χ1v) is 13.1. The molecule has 0 aliphatic carbocycles. The fourth-order valence-electron chi connectivity index (χ4n) is 3.72. The molecule has 7 nitrogen and oxygen atoms in total. The van der Waals surface area contributed by atoms with Crippen molar-refractivity contribution in [2.75, 3.05) is 17.1 Å². The second kappa shape index (κ2) is 10.6. The number of para-hydroxylation sites is 1. The van der Waals surface area contributed by atoms with Crippen molar-refractivity contribution in [2.45, 2.75) is 27.2 Å². The molecule has 0 atom stereocenters. The maximum Gasteiger partial charge on any atom is 0.260 e. The van der Waals surface area contributed by atoms with Crippen molar-refractivity contribution in [1.29, 1.82) is 0 Å². The van der Waals surface area contributed by atoms with Crippen molar-refractivity contribution in [1.82, 2.24) is 9.99 Å². The number of nitrogens with one attached hydrogen (secondary N) is 1. The Labute approximate surface area is 210 Å². The van der Waals surface area contributed by atoms with Gasteiger partial charge in [0.25, 0.3) is 5.91 Å². The Morgan fingerprint density at radius 1 is 1.15 bits per heavy atom. The summed E-state index contributed by atoms with van der Waals surface area (Å²) < 4.78 is 27.8. The number of carbonyl (C=O) groups is 1. The van der Waals surface area contributed by atoms with Crippen molar-refractivity contribution in [2.24, 2.45) is 5.10 Å². The van der Waals surface area contributed by atoms with Crippen LogP contribution in [0.25, 0.3) is 5.69 Å². The summed E-state index contributed by atoms with van der Waals surface area (Å²) in [6.07, 6.45) is 3.22. The molecule has 1 N–H and O–H groups in total. The number of halogens is 2. The third kappa shape index (κ3) is 5.81. The van der Waals surface area contributed by atoms with Gasteiger partial charge in [-0.1, -0.05) is 48.3 Å². The molecule has 0 saturated carbocycles. The zero-order chi connectivity index (χ0) is 25.0. The lowest BCUT2D eigenvalue weighted by Crippen LogP contribution is -2.39. The van der Waals surface area contributed by atoms with E-state index >= 15 is 0 Å². The summed E-state index contributed by atoms with van der Waals surface area (Å²) >= 11 is 12.5. The van der Waals surface area contributed by atoms with E-state index < -0.39 is 15.9 Å². The van der Waals surface area contributed by atoms with E-state index in [1.165, 1.54) is 6.21 Å². The predicted molar refractivity (Wildman–Crippen MR) is 139 cm³/mol. The summed E-state index contributed by atoms with van der Waals surface area (Å²) in [5, 5.41) is 5.16. The number of amides is 1. The standard InChI is InChI=1S/C24H26Cl2N4O3S/c1-5-18-8-6-7-9-22(18)29(34(4,32)33)15-24(31)28-27-14-19-12-16(2)30(17(19)3)23-13-20(25)10-11-21(23)26/h6-14H,5,15H2,1-4H3,(H,28,31)/b27-14-. The third-order valence-electron chi connectivity index (χ3n) is 5.34. The number of carbonyl (C=O) groups excluding carboxylic acids is 1. The monoisotopic (exact) mass is 520 g/mol. The van der Waals surface area contributed by atoms with E-state index in [1.54, 1.807) is 30.3 Å². The van der Waals surface area contributed by atoms with E-state index in [0.29, 0.717) is 22.2 Å². The Balaban J connectivity index is 1.79. The van der Waals surface area contributed by atoms with E-state index in [0.717, 1.165) is 38.8 Å². The van der Waals surface area contributed by atoms with E-state index in [2.05, 4.69) is 10.5 Å². The van der Waals surface area contributed by atoms with Gasteiger partial charge in [-0.15, -0.1) is 0 Å².